The van der Waals surface area contributed by atoms with Crippen LogP contribution in [0.25, 0.3) is 17.0 Å². The SMILES string of the molecule is O=C(O)[C@H](Cc1nc2ccc(/C=C/CNc3ccccn3)cc2c(=O)[nH]1)NS(=O)(=O)c1cccs1. The molecular formula is C23H21N5O5S2. The van der Waals surface area contributed by atoms with Gasteiger partial charge in [-0.15, -0.1) is 11.3 Å². The maximum Gasteiger partial charge on any atom is 0.322 e. The molecule has 0 aliphatic rings. The van der Waals surface area contributed by atoms with Crippen molar-refractivity contribution in [3.05, 3.63) is 87.9 Å². The molecule has 3 aromatic heterocycles. The highest BCUT2D eigenvalue weighted by molar-refractivity contribution is 7.91. The first-order chi connectivity index (χ1) is 16.8. The van der Waals surface area contributed by atoms with Crippen LogP contribution in [-0.2, 0) is 21.2 Å². The molecule has 35 heavy (non-hydrogen) atoms. The van der Waals surface area contributed by atoms with Crippen LogP contribution in [0.5, 0.6) is 0 Å². The largest absolute Gasteiger partial charge is 0.480 e. The lowest BCUT2D eigenvalue weighted by Crippen LogP contribution is -2.42. The monoisotopic (exact) mass is 511 g/mol. The second kappa shape index (κ2) is 10.6. The standard InChI is InChI=1S/C23H21N5O5S2/c29-22-16-13-15(5-3-11-25-19-6-1-2-10-24-19)8-9-17(16)26-20(27-22)14-18(23(30)31)28-35(32,33)21-7-4-12-34-21/h1-10,12-13,18,28H,11,14H2,(H,24,25)(H,30,31)(H,26,27,29)/b5-3+/t18-/m0/s1. The molecule has 0 amide bonds. The van der Waals surface area contributed by atoms with E-state index in [2.05, 4.69) is 25.0 Å². The van der Waals surface area contributed by atoms with Crippen LogP contribution in [0.4, 0.5) is 5.82 Å². The van der Waals surface area contributed by atoms with Crippen LogP contribution in [0.3, 0.4) is 0 Å². The molecule has 1 atom stereocenters. The maximum atomic E-state index is 12.7. The van der Waals surface area contributed by atoms with Gasteiger partial charge in [0.2, 0.25) is 0 Å². The van der Waals surface area contributed by atoms with Crippen molar-refractivity contribution in [2.24, 2.45) is 0 Å². The summed E-state index contributed by atoms with van der Waals surface area (Å²) in [6.45, 7) is 0.542. The summed E-state index contributed by atoms with van der Waals surface area (Å²) in [5.41, 5.74) is 0.711. The molecule has 0 fully saturated rings. The number of fused-ring (bicyclic) bond motifs is 1. The Morgan fingerprint density at radius 2 is 2.06 bits per heavy atom. The first-order valence-electron chi connectivity index (χ1n) is 10.4. The lowest BCUT2D eigenvalue weighted by molar-refractivity contribution is -0.138. The van der Waals surface area contributed by atoms with Crippen molar-refractivity contribution in [2.45, 2.75) is 16.7 Å². The lowest BCUT2D eigenvalue weighted by atomic mass is 10.1. The van der Waals surface area contributed by atoms with E-state index in [-0.39, 0.29) is 16.5 Å². The number of benzene rings is 1. The highest BCUT2D eigenvalue weighted by atomic mass is 32.2. The number of anilines is 1. The molecule has 12 heteroatoms. The molecule has 0 aliphatic heterocycles. The lowest BCUT2D eigenvalue weighted by Gasteiger charge is -2.14. The van der Waals surface area contributed by atoms with Crippen LogP contribution in [0.1, 0.15) is 11.4 Å². The molecule has 0 radical (unpaired) electrons. The first-order valence-corrected chi connectivity index (χ1v) is 12.8. The van der Waals surface area contributed by atoms with Crippen LogP contribution in [0, 0.1) is 0 Å². The number of sulfonamides is 1. The number of hydrogen-bond acceptors (Lipinski definition) is 8. The number of aromatic nitrogens is 3. The Kier molecular flexibility index (Phi) is 7.34. The molecule has 4 rings (SSSR count). The van der Waals surface area contributed by atoms with Gasteiger partial charge >= 0.3 is 5.97 Å². The Morgan fingerprint density at radius 1 is 1.20 bits per heavy atom. The first kappa shape index (κ1) is 24.3. The molecule has 3 heterocycles. The second-order valence-corrected chi connectivity index (χ2v) is 10.3. The van der Waals surface area contributed by atoms with Crippen LogP contribution >= 0.6 is 11.3 Å². The van der Waals surface area contributed by atoms with Gasteiger partial charge in [0.05, 0.1) is 10.9 Å². The normalized spacial score (nSPS) is 12.7. The number of aromatic amines is 1. The number of carboxylic acid groups (broad SMARTS) is 1. The summed E-state index contributed by atoms with van der Waals surface area (Å²) < 4.78 is 27.0. The fraction of sp³-hybridized carbons (Fsp3) is 0.130. The molecule has 1 aromatic carbocycles. The number of nitrogens with zero attached hydrogens (tertiary/aromatic N) is 2. The summed E-state index contributed by atoms with van der Waals surface area (Å²) in [7, 11) is -4.02. The number of nitrogens with one attached hydrogen (secondary N) is 3. The van der Waals surface area contributed by atoms with E-state index in [0.29, 0.717) is 17.4 Å². The van der Waals surface area contributed by atoms with E-state index < -0.39 is 27.6 Å². The van der Waals surface area contributed by atoms with E-state index in [9.17, 15) is 23.1 Å². The number of rotatable bonds is 10. The zero-order chi connectivity index (χ0) is 24.8. The minimum Gasteiger partial charge on any atom is -0.480 e. The molecule has 0 saturated carbocycles. The molecule has 0 bridgehead atoms. The zero-order valence-electron chi connectivity index (χ0n) is 18.2. The van der Waals surface area contributed by atoms with Crippen LogP contribution in [-0.4, -0.2) is 47.0 Å². The van der Waals surface area contributed by atoms with Gasteiger partial charge in [-0.2, -0.15) is 4.72 Å². The molecule has 0 unspecified atom stereocenters. The molecule has 180 valence electrons. The van der Waals surface area contributed by atoms with Crippen molar-refractivity contribution in [3.63, 3.8) is 0 Å². The summed E-state index contributed by atoms with van der Waals surface area (Å²) in [5.74, 6) is -0.569. The molecular weight excluding hydrogens is 490 g/mol. The molecule has 4 aromatic rings. The molecule has 0 saturated heterocycles. The Labute approximate surface area is 204 Å². The minimum atomic E-state index is -4.02. The van der Waals surface area contributed by atoms with Crippen LogP contribution < -0.4 is 15.6 Å². The topological polar surface area (TPSA) is 154 Å². The smallest absolute Gasteiger partial charge is 0.322 e. The van der Waals surface area contributed by atoms with Crippen molar-refractivity contribution < 1.29 is 18.3 Å². The Morgan fingerprint density at radius 3 is 2.77 bits per heavy atom. The van der Waals surface area contributed by atoms with Gasteiger partial charge in [0.1, 0.15) is 21.9 Å². The van der Waals surface area contributed by atoms with Crippen molar-refractivity contribution in [1.29, 1.82) is 0 Å². The highest BCUT2D eigenvalue weighted by Crippen LogP contribution is 2.17. The van der Waals surface area contributed by atoms with Gasteiger partial charge in [-0.3, -0.25) is 9.59 Å². The zero-order valence-corrected chi connectivity index (χ0v) is 19.8. The number of carbonyl (C=O) groups is 1. The third-order valence-electron chi connectivity index (χ3n) is 4.91. The van der Waals surface area contributed by atoms with Crippen molar-refractivity contribution in [2.75, 3.05) is 11.9 Å². The summed E-state index contributed by atoms with van der Waals surface area (Å²) >= 11 is 0.972. The predicted molar refractivity (Wildman–Crippen MR) is 134 cm³/mol. The van der Waals surface area contributed by atoms with Gasteiger partial charge in [0.15, 0.2) is 0 Å². The van der Waals surface area contributed by atoms with Gasteiger partial charge in [-0.1, -0.05) is 30.4 Å². The quantitative estimate of drug-likeness (QED) is 0.253. The fourth-order valence-corrected chi connectivity index (χ4v) is 5.46. The maximum absolute atomic E-state index is 12.7. The number of thiophene rings is 1. The Hall–Kier alpha value is -3.87. The van der Waals surface area contributed by atoms with Crippen molar-refractivity contribution in [3.8, 4) is 0 Å². The number of hydrogen-bond donors (Lipinski definition) is 4. The summed E-state index contributed by atoms with van der Waals surface area (Å²) in [6.07, 6.45) is 5.11. The number of pyridine rings is 1. The van der Waals surface area contributed by atoms with E-state index in [4.69, 9.17) is 0 Å². The van der Waals surface area contributed by atoms with Crippen LogP contribution in [0.15, 0.2) is 75.2 Å². The summed E-state index contributed by atoms with van der Waals surface area (Å²) in [4.78, 5) is 35.4. The predicted octanol–water partition coefficient (Wildman–Crippen LogP) is 2.48. The van der Waals surface area contributed by atoms with Gasteiger partial charge in [0, 0.05) is 19.2 Å². The van der Waals surface area contributed by atoms with E-state index in [1.165, 1.54) is 6.07 Å². The van der Waals surface area contributed by atoms with Crippen LogP contribution in [0.2, 0.25) is 0 Å². The third kappa shape index (κ3) is 6.18. The molecule has 10 nitrogen and oxygen atoms in total. The number of carboxylic acids is 1. The van der Waals surface area contributed by atoms with Crippen molar-refractivity contribution >= 4 is 50.1 Å². The Bertz CT molecular complexity index is 1520. The van der Waals surface area contributed by atoms with Gasteiger partial charge in [0.25, 0.3) is 15.6 Å². The number of H-pyrrole nitrogens is 1. The minimum absolute atomic E-state index is 0.000435. The highest BCUT2D eigenvalue weighted by Gasteiger charge is 2.27. The van der Waals surface area contributed by atoms with Gasteiger partial charge in [-0.25, -0.2) is 18.4 Å². The Balaban J connectivity index is 1.49. The van der Waals surface area contributed by atoms with Gasteiger partial charge < -0.3 is 15.4 Å². The average Bonchev–Trinajstić information content (AvgIpc) is 3.38. The second-order valence-electron chi connectivity index (χ2n) is 7.44. The summed E-state index contributed by atoms with van der Waals surface area (Å²) in [6, 6.07) is 12.1. The van der Waals surface area contributed by atoms with E-state index in [1.54, 1.807) is 35.8 Å². The van der Waals surface area contributed by atoms with Crippen molar-refractivity contribution in [1.82, 2.24) is 19.7 Å². The number of aliphatic carboxylic acids is 1. The average molecular weight is 512 g/mol. The van der Waals surface area contributed by atoms with E-state index >= 15 is 0 Å². The van der Waals surface area contributed by atoms with Gasteiger partial charge in [-0.05, 0) is 41.3 Å². The fourth-order valence-electron chi connectivity index (χ4n) is 3.27. The third-order valence-corrected chi connectivity index (χ3v) is 7.78. The molecule has 4 N–H and O–H groups in total. The molecule has 0 spiro atoms. The van der Waals surface area contributed by atoms with E-state index in [1.807, 2.05) is 30.4 Å². The summed E-state index contributed by atoms with van der Waals surface area (Å²) in [5, 5.41) is 14.6. The molecule has 0 aliphatic carbocycles. The van der Waals surface area contributed by atoms with E-state index in [0.717, 1.165) is 22.7 Å².